The normalized spacial score (nSPS) is 16.0. The number of carbonyl (C=O) groups is 1. The number of allylic oxidation sites excluding steroid dienone is 1. The lowest BCUT2D eigenvalue weighted by molar-refractivity contribution is -0.139. The number of carbonyl (C=O) groups excluding carboxylic acids is 1. The zero-order valence-corrected chi connectivity index (χ0v) is 23.9. The minimum Gasteiger partial charge on any atom is -0.493 e. The van der Waals surface area contributed by atoms with E-state index in [0.29, 0.717) is 60.2 Å². The van der Waals surface area contributed by atoms with Crippen LogP contribution in [0.3, 0.4) is 0 Å². The molecule has 0 N–H and O–H groups in total. The van der Waals surface area contributed by atoms with Crippen LogP contribution < -0.4 is 33.8 Å². The van der Waals surface area contributed by atoms with Gasteiger partial charge in [-0.15, -0.1) is 0 Å². The van der Waals surface area contributed by atoms with Gasteiger partial charge in [-0.1, -0.05) is 30.1 Å². The van der Waals surface area contributed by atoms with E-state index in [2.05, 4.69) is 27.5 Å². The number of hydrogen-bond acceptors (Lipinski definition) is 9. The number of methoxy groups -OCH3 is 1. The summed E-state index contributed by atoms with van der Waals surface area (Å²) in [7, 11) is 1.55. The Hall–Kier alpha value is -3.83. The van der Waals surface area contributed by atoms with E-state index < -0.39 is 12.0 Å². The first kappa shape index (κ1) is 26.8. The summed E-state index contributed by atoms with van der Waals surface area (Å²) in [6, 6.07) is 8.23. The van der Waals surface area contributed by atoms with Crippen LogP contribution in [-0.4, -0.2) is 37.7 Å². The van der Waals surface area contributed by atoms with Crippen molar-refractivity contribution in [2.24, 2.45) is 4.99 Å². The Bertz CT molecular complexity index is 1690. The van der Waals surface area contributed by atoms with Gasteiger partial charge in [-0.05, 0) is 71.2 Å². The predicted octanol–water partition coefficient (Wildman–Crippen LogP) is 3.86. The van der Waals surface area contributed by atoms with Gasteiger partial charge in [0.05, 0.1) is 40.0 Å². The molecule has 0 saturated heterocycles. The molecule has 2 aromatic carbocycles. The Morgan fingerprint density at radius 1 is 1.28 bits per heavy atom. The zero-order valence-electron chi connectivity index (χ0n) is 21.5. The van der Waals surface area contributed by atoms with Crippen LogP contribution in [0.4, 0.5) is 0 Å². The third kappa shape index (κ3) is 4.99. The summed E-state index contributed by atoms with van der Waals surface area (Å²) >= 11 is 4.77. The molecule has 3 heterocycles. The van der Waals surface area contributed by atoms with Crippen LogP contribution in [0.1, 0.15) is 31.0 Å². The van der Waals surface area contributed by atoms with Gasteiger partial charge in [-0.3, -0.25) is 9.36 Å². The van der Waals surface area contributed by atoms with Gasteiger partial charge in [0, 0.05) is 0 Å². The number of benzene rings is 2. The molecule has 39 heavy (non-hydrogen) atoms. The fraction of sp³-hybridized carbons (Fsp3) is 0.250. The SMILES string of the molecule is C=CCOc1c(Br)cc(C=c2sc3n(c2=O)[C@@H](c2ccc4c(c2)OCO4)C(C(=O)OCC)=C(C)N=3)cc1OC. The van der Waals surface area contributed by atoms with E-state index in [-0.39, 0.29) is 19.0 Å². The van der Waals surface area contributed by atoms with Crippen molar-refractivity contribution >= 4 is 39.3 Å². The fourth-order valence-electron chi connectivity index (χ4n) is 4.45. The van der Waals surface area contributed by atoms with Gasteiger partial charge in [0.15, 0.2) is 27.8 Å². The number of thiazole rings is 1. The van der Waals surface area contributed by atoms with Crippen molar-refractivity contribution < 1.29 is 28.5 Å². The molecule has 202 valence electrons. The summed E-state index contributed by atoms with van der Waals surface area (Å²) in [5, 5.41) is 0. The van der Waals surface area contributed by atoms with Crippen molar-refractivity contribution in [2.75, 3.05) is 27.1 Å². The number of hydrogen-bond donors (Lipinski definition) is 0. The minimum atomic E-state index is -0.757. The number of ether oxygens (including phenoxy) is 5. The second-order valence-corrected chi connectivity index (χ2v) is 10.4. The van der Waals surface area contributed by atoms with Crippen LogP contribution in [0.15, 0.2) is 68.5 Å². The molecule has 0 spiro atoms. The Morgan fingerprint density at radius 3 is 2.82 bits per heavy atom. The molecule has 2 aliphatic heterocycles. The molecule has 0 saturated carbocycles. The minimum absolute atomic E-state index is 0.109. The van der Waals surface area contributed by atoms with Gasteiger partial charge in [0.1, 0.15) is 6.61 Å². The van der Waals surface area contributed by atoms with Crippen molar-refractivity contribution in [1.29, 1.82) is 0 Å². The van der Waals surface area contributed by atoms with Crippen molar-refractivity contribution in [3.63, 3.8) is 0 Å². The van der Waals surface area contributed by atoms with Crippen LogP contribution in [0.5, 0.6) is 23.0 Å². The molecular weight excluding hydrogens is 588 g/mol. The molecule has 3 aromatic rings. The van der Waals surface area contributed by atoms with Crippen molar-refractivity contribution in [2.45, 2.75) is 19.9 Å². The molecule has 0 unspecified atom stereocenters. The maximum Gasteiger partial charge on any atom is 0.338 e. The highest BCUT2D eigenvalue weighted by Gasteiger charge is 2.34. The summed E-state index contributed by atoms with van der Waals surface area (Å²) in [6.07, 6.45) is 3.40. The van der Waals surface area contributed by atoms with Crippen LogP contribution in [-0.2, 0) is 9.53 Å². The van der Waals surface area contributed by atoms with Gasteiger partial charge in [-0.25, -0.2) is 9.79 Å². The number of esters is 1. The van der Waals surface area contributed by atoms with E-state index in [4.69, 9.17) is 23.7 Å². The first-order chi connectivity index (χ1) is 18.9. The second kappa shape index (κ2) is 11.1. The summed E-state index contributed by atoms with van der Waals surface area (Å²) in [6.45, 7) is 7.77. The largest absolute Gasteiger partial charge is 0.493 e. The zero-order chi connectivity index (χ0) is 27.7. The first-order valence-electron chi connectivity index (χ1n) is 12.1. The molecule has 11 heteroatoms. The maximum absolute atomic E-state index is 13.9. The predicted molar refractivity (Wildman–Crippen MR) is 149 cm³/mol. The molecular formula is C28H25BrN2O7S. The molecule has 0 radical (unpaired) electrons. The molecule has 1 aromatic heterocycles. The Balaban J connectivity index is 1.67. The van der Waals surface area contributed by atoms with Crippen LogP contribution >= 0.6 is 27.3 Å². The lowest BCUT2D eigenvalue weighted by atomic mass is 9.95. The maximum atomic E-state index is 13.9. The molecule has 0 fully saturated rings. The topological polar surface area (TPSA) is 97.6 Å². The summed E-state index contributed by atoms with van der Waals surface area (Å²) < 4.78 is 30.2. The number of rotatable bonds is 8. The van der Waals surface area contributed by atoms with Crippen LogP contribution in [0, 0.1) is 0 Å². The van der Waals surface area contributed by atoms with Crippen LogP contribution in [0.2, 0.25) is 0 Å². The van der Waals surface area contributed by atoms with Gasteiger partial charge in [0.2, 0.25) is 6.79 Å². The standard InChI is InChI=1S/C28H25BrN2O7S/c1-5-9-36-25-18(29)10-16(11-21(25)34-4)12-22-26(32)31-24(17-7-8-19-20(13-17)38-14-37-19)23(27(33)35-6-2)15(3)30-28(31)39-22/h5,7-8,10-13,24H,1,6,9,14H2,2-4H3/t24-/m0/s1. The van der Waals surface area contributed by atoms with E-state index in [1.807, 2.05) is 12.1 Å². The Morgan fingerprint density at radius 2 is 2.08 bits per heavy atom. The fourth-order valence-corrected chi connectivity index (χ4v) is 6.07. The van der Waals surface area contributed by atoms with Gasteiger partial charge < -0.3 is 23.7 Å². The first-order valence-corrected chi connectivity index (χ1v) is 13.7. The second-order valence-electron chi connectivity index (χ2n) is 8.55. The Kier molecular flexibility index (Phi) is 7.62. The van der Waals surface area contributed by atoms with E-state index in [9.17, 15) is 9.59 Å². The van der Waals surface area contributed by atoms with Crippen molar-refractivity contribution in [1.82, 2.24) is 4.57 Å². The number of aromatic nitrogens is 1. The monoisotopic (exact) mass is 612 g/mol. The Labute approximate surface area is 236 Å². The highest BCUT2D eigenvalue weighted by atomic mass is 79.9. The van der Waals surface area contributed by atoms with Crippen molar-refractivity contribution in [3.8, 4) is 23.0 Å². The van der Waals surface area contributed by atoms with Crippen molar-refractivity contribution in [3.05, 3.63) is 89.5 Å². The molecule has 1 atom stereocenters. The smallest absolute Gasteiger partial charge is 0.338 e. The molecule has 9 nitrogen and oxygen atoms in total. The lowest BCUT2D eigenvalue weighted by Crippen LogP contribution is -2.39. The average molecular weight is 613 g/mol. The molecule has 5 rings (SSSR count). The van der Waals surface area contributed by atoms with E-state index in [1.165, 1.54) is 15.9 Å². The molecule has 2 aliphatic rings. The highest BCUT2D eigenvalue weighted by Crippen LogP contribution is 2.39. The molecule has 0 bridgehead atoms. The third-order valence-corrected chi connectivity index (χ3v) is 7.70. The third-order valence-electron chi connectivity index (χ3n) is 6.12. The quantitative estimate of drug-likeness (QED) is 0.281. The number of halogens is 1. The van der Waals surface area contributed by atoms with Gasteiger partial charge >= 0.3 is 5.97 Å². The van der Waals surface area contributed by atoms with Gasteiger partial charge in [-0.2, -0.15) is 0 Å². The lowest BCUT2D eigenvalue weighted by Gasteiger charge is -2.24. The summed E-state index contributed by atoms with van der Waals surface area (Å²) in [5.74, 6) is 1.66. The van der Waals surface area contributed by atoms with E-state index in [0.717, 1.165) is 5.56 Å². The van der Waals surface area contributed by atoms with Crippen LogP contribution in [0.25, 0.3) is 6.08 Å². The van der Waals surface area contributed by atoms with Gasteiger partial charge in [0.25, 0.3) is 5.56 Å². The number of nitrogens with zero attached hydrogens (tertiary/aromatic N) is 2. The van der Waals surface area contributed by atoms with E-state index in [1.54, 1.807) is 51.3 Å². The summed E-state index contributed by atoms with van der Waals surface area (Å²) in [5.41, 5.74) is 1.88. The average Bonchev–Trinajstić information content (AvgIpc) is 3.50. The molecule has 0 aliphatic carbocycles. The number of fused-ring (bicyclic) bond motifs is 2. The van der Waals surface area contributed by atoms with E-state index >= 15 is 0 Å². The molecule has 0 amide bonds. The summed E-state index contributed by atoms with van der Waals surface area (Å²) in [4.78, 5) is 32.1. The highest BCUT2D eigenvalue weighted by molar-refractivity contribution is 9.10.